The molecular weight excluding hydrogens is 248 g/mol. The Morgan fingerprint density at radius 1 is 1.28 bits per heavy atom. The summed E-state index contributed by atoms with van der Waals surface area (Å²) in [5, 5.41) is 0. The van der Waals surface area contributed by atoms with Crippen LogP contribution < -0.4 is 0 Å². The Kier molecular flexibility index (Phi) is 2.53. The normalized spacial score (nSPS) is 10.7. The molecule has 0 fully saturated rings. The molecule has 0 saturated carbocycles. The van der Waals surface area contributed by atoms with Crippen LogP contribution in [0.3, 0.4) is 0 Å². The predicted octanol–water partition coefficient (Wildman–Crippen LogP) is 3.12. The molecular formula is C13H8N2O2S. The zero-order valence-corrected chi connectivity index (χ0v) is 10.0. The molecule has 0 radical (unpaired) electrons. The molecule has 0 spiro atoms. The third-order valence-corrected chi connectivity index (χ3v) is 2.77. The summed E-state index contributed by atoms with van der Waals surface area (Å²) in [5.41, 5.74) is 2.28. The average Bonchev–Trinajstić information content (AvgIpc) is 2.78. The second-order valence-corrected chi connectivity index (χ2v) is 4.14. The number of H-pyrrole nitrogens is 1. The van der Waals surface area contributed by atoms with Gasteiger partial charge in [-0.3, -0.25) is 9.78 Å². The summed E-state index contributed by atoms with van der Waals surface area (Å²) in [6, 6.07) is 10.4. The average molecular weight is 256 g/mol. The fraction of sp³-hybridized carbons (Fsp3) is 0. The van der Waals surface area contributed by atoms with Gasteiger partial charge in [-0.05, 0) is 42.5 Å². The van der Waals surface area contributed by atoms with Crippen LogP contribution in [0.25, 0.3) is 11.1 Å². The number of rotatable bonds is 2. The van der Waals surface area contributed by atoms with Crippen molar-refractivity contribution in [2.45, 2.75) is 0 Å². The van der Waals surface area contributed by atoms with Crippen LogP contribution in [0.15, 0.2) is 47.0 Å². The molecule has 0 atom stereocenters. The van der Waals surface area contributed by atoms with Crippen LogP contribution in [0.4, 0.5) is 0 Å². The molecule has 88 valence electrons. The summed E-state index contributed by atoms with van der Waals surface area (Å²) in [5.74, 6) is -0.139. The number of nitrogens with one attached hydrogen (secondary N) is 1. The highest BCUT2D eigenvalue weighted by Crippen LogP contribution is 2.17. The molecule has 2 heterocycles. The summed E-state index contributed by atoms with van der Waals surface area (Å²) < 4.78 is 5.28. The molecule has 0 aliphatic heterocycles. The Balaban J connectivity index is 2.09. The van der Waals surface area contributed by atoms with Crippen LogP contribution in [0.5, 0.6) is 0 Å². The van der Waals surface area contributed by atoms with E-state index in [9.17, 15) is 4.79 Å². The molecule has 5 heteroatoms. The number of carbonyl (C=O) groups is 1. The molecule has 2 aromatic heterocycles. The van der Waals surface area contributed by atoms with Crippen molar-refractivity contribution in [3.8, 4) is 0 Å². The lowest BCUT2D eigenvalue weighted by Gasteiger charge is -1.99. The topological polar surface area (TPSA) is 58.9 Å². The van der Waals surface area contributed by atoms with E-state index in [1.807, 2.05) is 0 Å². The third kappa shape index (κ3) is 1.84. The van der Waals surface area contributed by atoms with Crippen molar-refractivity contribution >= 4 is 29.1 Å². The highest BCUT2D eigenvalue weighted by molar-refractivity contribution is 7.71. The number of aromatic nitrogens is 2. The molecule has 1 N–H and O–H groups in total. The van der Waals surface area contributed by atoms with Crippen molar-refractivity contribution in [1.82, 2.24) is 9.97 Å². The minimum absolute atomic E-state index is 0.139. The van der Waals surface area contributed by atoms with Crippen LogP contribution in [-0.4, -0.2) is 15.8 Å². The molecule has 0 aliphatic rings. The maximum Gasteiger partial charge on any atom is 0.266 e. The summed E-state index contributed by atoms with van der Waals surface area (Å²) in [6.45, 7) is 0. The first-order chi connectivity index (χ1) is 8.74. The van der Waals surface area contributed by atoms with Gasteiger partial charge in [0.05, 0.1) is 5.52 Å². The molecule has 0 bridgehead atoms. The Labute approximate surface area is 107 Å². The Bertz CT molecular complexity index is 774. The molecule has 1 aromatic carbocycles. The minimum atomic E-state index is -0.139. The first-order valence-electron chi connectivity index (χ1n) is 5.33. The first-order valence-corrected chi connectivity index (χ1v) is 5.73. The quantitative estimate of drug-likeness (QED) is 0.565. The largest absolute Gasteiger partial charge is 0.429 e. The van der Waals surface area contributed by atoms with Gasteiger partial charge in [-0.25, -0.2) is 0 Å². The second-order valence-electron chi connectivity index (χ2n) is 3.77. The van der Waals surface area contributed by atoms with Crippen molar-refractivity contribution < 1.29 is 9.21 Å². The van der Waals surface area contributed by atoms with Gasteiger partial charge >= 0.3 is 0 Å². The highest BCUT2D eigenvalue weighted by atomic mass is 32.1. The van der Waals surface area contributed by atoms with E-state index in [0.29, 0.717) is 21.7 Å². The SMILES string of the molecule is O=C(c1ccc2[nH]c(=S)oc2c1)c1ccccn1. The second kappa shape index (κ2) is 4.19. The van der Waals surface area contributed by atoms with Gasteiger partial charge in [0.2, 0.25) is 5.78 Å². The maximum atomic E-state index is 12.2. The van der Waals surface area contributed by atoms with Crippen molar-refractivity contribution in [2.75, 3.05) is 0 Å². The zero-order chi connectivity index (χ0) is 12.5. The number of oxazole rings is 1. The first kappa shape index (κ1) is 10.9. The van der Waals surface area contributed by atoms with Crippen LogP contribution in [-0.2, 0) is 0 Å². The molecule has 3 aromatic rings. The van der Waals surface area contributed by atoms with Gasteiger partial charge in [0, 0.05) is 11.8 Å². The Hall–Kier alpha value is -2.27. The number of nitrogens with zero attached hydrogens (tertiary/aromatic N) is 1. The van der Waals surface area contributed by atoms with Crippen LogP contribution >= 0.6 is 12.2 Å². The summed E-state index contributed by atoms with van der Waals surface area (Å²) in [4.78, 5) is 19.4. The molecule has 18 heavy (non-hydrogen) atoms. The molecule has 0 saturated heterocycles. The van der Waals surface area contributed by atoms with Crippen molar-refractivity contribution in [1.29, 1.82) is 0 Å². The summed E-state index contributed by atoms with van der Waals surface area (Å²) >= 11 is 4.90. The van der Waals surface area contributed by atoms with E-state index in [1.165, 1.54) is 0 Å². The van der Waals surface area contributed by atoms with E-state index in [4.69, 9.17) is 16.6 Å². The fourth-order valence-electron chi connectivity index (χ4n) is 1.73. The number of hydrogen-bond donors (Lipinski definition) is 1. The van der Waals surface area contributed by atoms with Gasteiger partial charge in [0.1, 0.15) is 5.69 Å². The number of pyridine rings is 1. The molecule has 0 aliphatic carbocycles. The van der Waals surface area contributed by atoms with Crippen LogP contribution in [0, 0.1) is 4.84 Å². The number of hydrogen-bond acceptors (Lipinski definition) is 4. The van der Waals surface area contributed by atoms with Gasteiger partial charge < -0.3 is 9.40 Å². The molecule has 0 unspecified atom stereocenters. The van der Waals surface area contributed by atoms with Gasteiger partial charge in [-0.15, -0.1) is 0 Å². The lowest BCUT2D eigenvalue weighted by atomic mass is 10.1. The van der Waals surface area contributed by atoms with E-state index in [1.54, 1.807) is 42.6 Å². The highest BCUT2D eigenvalue weighted by Gasteiger charge is 2.11. The van der Waals surface area contributed by atoms with Gasteiger partial charge in [0.15, 0.2) is 5.58 Å². The van der Waals surface area contributed by atoms with Crippen molar-refractivity contribution in [3.63, 3.8) is 0 Å². The number of benzene rings is 1. The smallest absolute Gasteiger partial charge is 0.266 e. The number of aromatic amines is 1. The third-order valence-electron chi connectivity index (χ3n) is 2.58. The van der Waals surface area contributed by atoms with Crippen LogP contribution in [0.1, 0.15) is 16.1 Å². The van der Waals surface area contributed by atoms with E-state index in [-0.39, 0.29) is 5.78 Å². The minimum Gasteiger partial charge on any atom is -0.429 e. The van der Waals surface area contributed by atoms with Gasteiger partial charge in [0.25, 0.3) is 4.84 Å². The number of ketones is 1. The fourth-order valence-corrected chi connectivity index (χ4v) is 1.93. The Morgan fingerprint density at radius 2 is 2.17 bits per heavy atom. The van der Waals surface area contributed by atoms with Gasteiger partial charge in [-0.1, -0.05) is 6.07 Å². The monoisotopic (exact) mass is 256 g/mol. The zero-order valence-electron chi connectivity index (χ0n) is 9.21. The predicted molar refractivity (Wildman–Crippen MR) is 69.1 cm³/mol. The molecule has 3 rings (SSSR count). The molecule has 4 nitrogen and oxygen atoms in total. The van der Waals surface area contributed by atoms with Crippen LogP contribution in [0.2, 0.25) is 0 Å². The summed E-state index contributed by atoms with van der Waals surface area (Å²) in [7, 11) is 0. The van der Waals surface area contributed by atoms with E-state index < -0.39 is 0 Å². The van der Waals surface area contributed by atoms with Crippen molar-refractivity contribution in [2.24, 2.45) is 0 Å². The van der Waals surface area contributed by atoms with E-state index in [0.717, 1.165) is 5.52 Å². The number of fused-ring (bicyclic) bond motifs is 1. The maximum absolute atomic E-state index is 12.2. The van der Waals surface area contributed by atoms with Crippen molar-refractivity contribution in [3.05, 3.63) is 58.7 Å². The summed E-state index contributed by atoms with van der Waals surface area (Å²) in [6.07, 6.45) is 1.59. The van der Waals surface area contributed by atoms with Gasteiger partial charge in [-0.2, -0.15) is 0 Å². The molecule has 0 amide bonds. The number of carbonyl (C=O) groups excluding carboxylic acids is 1. The van der Waals surface area contributed by atoms with E-state index in [2.05, 4.69) is 9.97 Å². The Morgan fingerprint density at radius 3 is 2.94 bits per heavy atom. The lowest BCUT2D eigenvalue weighted by molar-refractivity contribution is 0.103. The lowest BCUT2D eigenvalue weighted by Crippen LogP contribution is -2.03. The standard InChI is InChI=1S/C13H8N2O2S/c16-12(10-3-1-2-6-14-10)8-4-5-9-11(7-8)17-13(18)15-9/h1-7H,(H,15,18). The van der Waals surface area contributed by atoms with E-state index >= 15 is 0 Å².